The Morgan fingerprint density at radius 1 is 1.33 bits per heavy atom. The SMILES string of the molecule is Cc1cc(N[C]=O)c(C)cc1O. The van der Waals surface area contributed by atoms with E-state index in [1.165, 1.54) is 0 Å². The first kappa shape index (κ1) is 8.59. The van der Waals surface area contributed by atoms with Crippen molar-refractivity contribution in [3.63, 3.8) is 0 Å². The van der Waals surface area contributed by atoms with Gasteiger partial charge in [-0.1, -0.05) is 0 Å². The van der Waals surface area contributed by atoms with Crippen LogP contribution in [0.3, 0.4) is 0 Å². The maximum atomic E-state index is 10.0. The minimum atomic E-state index is 0.240. The van der Waals surface area contributed by atoms with Crippen LogP contribution < -0.4 is 5.32 Å². The second-order valence-electron chi connectivity index (χ2n) is 2.68. The average molecular weight is 164 g/mol. The topological polar surface area (TPSA) is 49.3 Å². The number of anilines is 1. The van der Waals surface area contributed by atoms with Crippen LogP contribution in [-0.2, 0) is 4.79 Å². The van der Waals surface area contributed by atoms with Crippen LogP contribution in [0.5, 0.6) is 5.75 Å². The van der Waals surface area contributed by atoms with Gasteiger partial charge in [-0.2, -0.15) is 0 Å². The van der Waals surface area contributed by atoms with Crippen LogP contribution in [0.1, 0.15) is 11.1 Å². The predicted molar refractivity (Wildman–Crippen MR) is 46.9 cm³/mol. The maximum absolute atomic E-state index is 10.0. The van der Waals surface area contributed by atoms with E-state index in [9.17, 15) is 9.90 Å². The van der Waals surface area contributed by atoms with Crippen LogP contribution in [0.4, 0.5) is 5.69 Å². The molecular formula is C9H10NO2. The second kappa shape index (κ2) is 3.26. The van der Waals surface area contributed by atoms with Crippen LogP contribution in [0.15, 0.2) is 12.1 Å². The third-order valence-electron chi connectivity index (χ3n) is 1.73. The maximum Gasteiger partial charge on any atom is 0.314 e. The van der Waals surface area contributed by atoms with Gasteiger partial charge < -0.3 is 10.4 Å². The fourth-order valence-corrected chi connectivity index (χ4v) is 0.991. The molecule has 0 fully saturated rings. The molecule has 0 saturated carbocycles. The van der Waals surface area contributed by atoms with Gasteiger partial charge in [-0.05, 0) is 37.1 Å². The van der Waals surface area contributed by atoms with E-state index in [1.807, 2.05) is 0 Å². The monoisotopic (exact) mass is 164 g/mol. The van der Waals surface area contributed by atoms with Gasteiger partial charge in [0.25, 0.3) is 0 Å². The Labute approximate surface area is 71.0 Å². The summed E-state index contributed by atoms with van der Waals surface area (Å²) in [6.07, 6.45) is 1.59. The van der Waals surface area contributed by atoms with E-state index < -0.39 is 0 Å². The zero-order chi connectivity index (χ0) is 9.14. The molecule has 0 bridgehead atoms. The van der Waals surface area contributed by atoms with E-state index in [4.69, 9.17) is 0 Å². The lowest BCUT2D eigenvalue weighted by atomic mass is 10.1. The van der Waals surface area contributed by atoms with Crippen molar-refractivity contribution in [3.05, 3.63) is 23.3 Å². The number of aromatic hydroxyl groups is 1. The average Bonchev–Trinajstić information content (AvgIpc) is 2.01. The van der Waals surface area contributed by atoms with Crippen molar-refractivity contribution >= 4 is 12.1 Å². The van der Waals surface area contributed by atoms with Crippen molar-refractivity contribution < 1.29 is 9.90 Å². The fourth-order valence-electron chi connectivity index (χ4n) is 0.991. The lowest BCUT2D eigenvalue weighted by molar-refractivity contribution is 0.471. The van der Waals surface area contributed by atoms with Crippen LogP contribution in [0.25, 0.3) is 0 Å². The number of phenolic OH excluding ortho intramolecular Hbond substituents is 1. The summed E-state index contributed by atoms with van der Waals surface area (Å²) in [5, 5.41) is 11.7. The van der Waals surface area contributed by atoms with Gasteiger partial charge in [-0.3, -0.25) is 4.79 Å². The molecule has 0 spiro atoms. The van der Waals surface area contributed by atoms with Crippen LogP contribution >= 0.6 is 0 Å². The number of hydrogen-bond donors (Lipinski definition) is 2. The van der Waals surface area contributed by atoms with E-state index in [0.29, 0.717) is 5.69 Å². The third-order valence-corrected chi connectivity index (χ3v) is 1.73. The summed E-state index contributed by atoms with van der Waals surface area (Å²) in [4.78, 5) is 10.0. The minimum Gasteiger partial charge on any atom is -0.508 e. The lowest BCUT2D eigenvalue weighted by Gasteiger charge is -2.06. The largest absolute Gasteiger partial charge is 0.508 e. The Morgan fingerprint density at radius 2 is 2.00 bits per heavy atom. The van der Waals surface area contributed by atoms with E-state index in [2.05, 4.69) is 5.32 Å². The summed E-state index contributed by atoms with van der Waals surface area (Å²) in [6, 6.07) is 3.31. The first-order chi connectivity index (χ1) is 5.65. The van der Waals surface area contributed by atoms with E-state index in [1.54, 1.807) is 32.4 Å². The Balaban J connectivity index is 3.13. The van der Waals surface area contributed by atoms with Gasteiger partial charge in [-0.15, -0.1) is 0 Å². The van der Waals surface area contributed by atoms with Gasteiger partial charge in [0.1, 0.15) is 5.75 Å². The highest BCUT2D eigenvalue weighted by Gasteiger charge is 2.01. The van der Waals surface area contributed by atoms with E-state index in [0.717, 1.165) is 11.1 Å². The van der Waals surface area contributed by atoms with Gasteiger partial charge in [-0.25, -0.2) is 0 Å². The first-order valence-electron chi connectivity index (χ1n) is 3.58. The van der Waals surface area contributed by atoms with Gasteiger partial charge in [0.2, 0.25) is 0 Å². The summed E-state index contributed by atoms with van der Waals surface area (Å²) >= 11 is 0. The Morgan fingerprint density at radius 3 is 2.58 bits per heavy atom. The molecule has 3 nitrogen and oxygen atoms in total. The molecule has 1 radical (unpaired) electrons. The molecule has 0 atom stereocenters. The second-order valence-corrected chi connectivity index (χ2v) is 2.68. The molecule has 3 heteroatoms. The summed E-state index contributed by atoms with van der Waals surface area (Å²) in [6.45, 7) is 3.57. The standard InChI is InChI=1S/C9H10NO2/c1-6-4-9(12)7(2)3-8(6)10-5-11/h3-4,12H,1-2H3,(H,10,11). The molecule has 12 heavy (non-hydrogen) atoms. The number of carbonyl (C=O) groups excluding carboxylic acids is 1. The summed E-state index contributed by atoms with van der Waals surface area (Å²) in [7, 11) is 0. The van der Waals surface area contributed by atoms with Crippen molar-refractivity contribution in [2.24, 2.45) is 0 Å². The molecule has 1 rings (SSSR count). The smallest absolute Gasteiger partial charge is 0.314 e. The highest BCUT2D eigenvalue weighted by Crippen LogP contribution is 2.24. The predicted octanol–water partition coefficient (Wildman–Crippen LogP) is 1.49. The zero-order valence-corrected chi connectivity index (χ0v) is 7.01. The molecule has 0 aliphatic rings. The summed E-state index contributed by atoms with van der Waals surface area (Å²) in [5.41, 5.74) is 2.24. The van der Waals surface area contributed by atoms with E-state index >= 15 is 0 Å². The third kappa shape index (κ3) is 1.56. The first-order valence-corrected chi connectivity index (χ1v) is 3.58. The van der Waals surface area contributed by atoms with Crippen LogP contribution in [0.2, 0.25) is 0 Å². The number of rotatable bonds is 2. The molecular weight excluding hydrogens is 154 g/mol. The van der Waals surface area contributed by atoms with Gasteiger partial charge in [0, 0.05) is 5.69 Å². The number of amides is 1. The molecule has 0 aliphatic carbocycles. The number of aryl methyl sites for hydroxylation is 2. The summed E-state index contributed by atoms with van der Waals surface area (Å²) < 4.78 is 0. The normalized spacial score (nSPS) is 9.50. The molecule has 63 valence electrons. The highest BCUT2D eigenvalue weighted by molar-refractivity contribution is 5.74. The molecule has 1 aromatic rings. The zero-order valence-electron chi connectivity index (χ0n) is 7.01. The van der Waals surface area contributed by atoms with E-state index in [-0.39, 0.29) is 5.75 Å². The Hall–Kier alpha value is -1.51. The quantitative estimate of drug-likeness (QED) is 0.514. The van der Waals surface area contributed by atoms with Crippen molar-refractivity contribution in [2.45, 2.75) is 13.8 Å². The van der Waals surface area contributed by atoms with Crippen molar-refractivity contribution in [2.75, 3.05) is 5.32 Å². The number of nitrogens with one attached hydrogen (secondary N) is 1. The molecule has 0 aromatic heterocycles. The lowest BCUT2D eigenvalue weighted by Crippen LogP contribution is -1.96. The number of benzene rings is 1. The molecule has 2 N–H and O–H groups in total. The van der Waals surface area contributed by atoms with Crippen molar-refractivity contribution in [3.8, 4) is 5.75 Å². The minimum absolute atomic E-state index is 0.240. The van der Waals surface area contributed by atoms with Crippen LogP contribution in [0, 0.1) is 13.8 Å². The Kier molecular flexibility index (Phi) is 2.33. The van der Waals surface area contributed by atoms with Crippen molar-refractivity contribution in [1.29, 1.82) is 0 Å². The highest BCUT2D eigenvalue weighted by atomic mass is 16.3. The molecule has 0 unspecified atom stereocenters. The molecule has 1 aromatic carbocycles. The number of hydrogen-bond acceptors (Lipinski definition) is 2. The Bertz CT molecular complexity index is 308. The van der Waals surface area contributed by atoms with Gasteiger partial charge in [0.05, 0.1) is 0 Å². The summed E-state index contributed by atoms with van der Waals surface area (Å²) in [5.74, 6) is 0.240. The van der Waals surface area contributed by atoms with Crippen molar-refractivity contribution in [1.82, 2.24) is 0 Å². The van der Waals surface area contributed by atoms with Gasteiger partial charge >= 0.3 is 6.41 Å². The molecule has 1 amide bonds. The fraction of sp³-hybridized carbons (Fsp3) is 0.222. The molecule has 0 saturated heterocycles. The van der Waals surface area contributed by atoms with Crippen LogP contribution in [-0.4, -0.2) is 11.5 Å². The number of phenols is 1. The molecule has 0 aliphatic heterocycles. The molecule has 0 heterocycles. The van der Waals surface area contributed by atoms with Gasteiger partial charge in [0.15, 0.2) is 0 Å².